The van der Waals surface area contributed by atoms with Crippen molar-refractivity contribution in [3.05, 3.63) is 54.6 Å². The Balaban J connectivity index is 1.69. The van der Waals surface area contributed by atoms with Gasteiger partial charge in [-0.05, 0) is 56.2 Å². The van der Waals surface area contributed by atoms with Crippen LogP contribution in [0.1, 0.15) is 32.6 Å². The van der Waals surface area contributed by atoms with Gasteiger partial charge >= 0.3 is 0 Å². The fourth-order valence-electron chi connectivity index (χ4n) is 3.46. The van der Waals surface area contributed by atoms with Crippen LogP contribution in [0.5, 0.6) is 0 Å². The number of anilines is 2. The van der Waals surface area contributed by atoms with Gasteiger partial charge in [0.15, 0.2) is 0 Å². The SMILES string of the molecule is CC1(N)CCCCC1C(=O)Nc1ccc(S(=O)(=O)Nc2ccccc2)cc1. The van der Waals surface area contributed by atoms with Crippen LogP contribution in [0.25, 0.3) is 0 Å². The van der Waals surface area contributed by atoms with Crippen LogP contribution in [0, 0.1) is 5.92 Å². The van der Waals surface area contributed by atoms with Gasteiger partial charge in [-0.2, -0.15) is 0 Å². The molecule has 6 nitrogen and oxygen atoms in total. The van der Waals surface area contributed by atoms with Crippen LogP contribution in [-0.2, 0) is 14.8 Å². The molecule has 0 aliphatic heterocycles. The quantitative estimate of drug-likeness (QED) is 0.732. The zero-order chi connectivity index (χ0) is 19.5. The van der Waals surface area contributed by atoms with Crippen molar-refractivity contribution in [2.75, 3.05) is 10.0 Å². The van der Waals surface area contributed by atoms with Crippen molar-refractivity contribution in [3.8, 4) is 0 Å². The number of para-hydroxylation sites is 1. The molecule has 7 heteroatoms. The number of hydrogen-bond donors (Lipinski definition) is 3. The molecule has 0 radical (unpaired) electrons. The van der Waals surface area contributed by atoms with E-state index in [1.807, 2.05) is 13.0 Å². The fraction of sp³-hybridized carbons (Fsp3) is 0.350. The average molecular weight is 388 g/mol. The molecule has 0 spiro atoms. The van der Waals surface area contributed by atoms with Crippen LogP contribution in [0.3, 0.4) is 0 Å². The van der Waals surface area contributed by atoms with E-state index in [0.717, 1.165) is 25.7 Å². The number of benzene rings is 2. The van der Waals surface area contributed by atoms with Crippen LogP contribution in [0.4, 0.5) is 11.4 Å². The molecule has 3 rings (SSSR count). The molecule has 2 atom stereocenters. The van der Waals surface area contributed by atoms with Crippen molar-refractivity contribution in [1.82, 2.24) is 0 Å². The van der Waals surface area contributed by atoms with Gasteiger partial charge in [-0.1, -0.05) is 31.0 Å². The highest BCUT2D eigenvalue weighted by molar-refractivity contribution is 7.92. The van der Waals surface area contributed by atoms with Gasteiger partial charge in [-0.25, -0.2) is 8.42 Å². The Kier molecular flexibility index (Phi) is 5.53. The first-order valence-corrected chi connectivity index (χ1v) is 10.5. The summed E-state index contributed by atoms with van der Waals surface area (Å²) in [6.45, 7) is 1.92. The maximum absolute atomic E-state index is 12.6. The molecule has 0 heterocycles. The second-order valence-electron chi connectivity index (χ2n) is 7.29. The smallest absolute Gasteiger partial charge is 0.261 e. The first-order valence-electron chi connectivity index (χ1n) is 9.06. The zero-order valence-corrected chi connectivity index (χ0v) is 16.1. The number of carbonyl (C=O) groups is 1. The van der Waals surface area contributed by atoms with E-state index in [0.29, 0.717) is 11.4 Å². The lowest BCUT2D eigenvalue weighted by atomic mass is 9.74. The second-order valence-corrected chi connectivity index (χ2v) is 8.97. The van der Waals surface area contributed by atoms with Crippen molar-refractivity contribution < 1.29 is 13.2 Å². The summed E-state index contributed by atoms with van der Waals surface area (Å²) in [4.78, 5) is 12.7. The molecule has 0 aromatic heterocycles. The van der Waals surface area contributed by atoms with E-state index in [2.05, 4.69) is 10.0 Å². The molecule has 0 saturated heterocycles. The molecule has 0 bridgehead atoms. The highest BCUT2D eigenvalue weighted by Gasteiger charge is 2.37. The first kappa shape index (κ1) is 19.4. The van der Waals surface area contributed by atoms with Gasteiger partial charge in [0, 0.05) is 16.9 Å². The molecular weight excluding hydrogens is 362 g/mol. The van der Waals surface area contributed by atoms with E-state index >= 15 is 0 Å². The minimum Gasteiger partial charge on any atom is -0.326 e. The predicted molar refractivity (Wildman–Crippen MR) is 107 cm³/mol. The van der Waals surface area contributed by atoms with Crippen molar-refractivity contribution in [3.63, 3.8) is 0 Å². The molecule has 2 unspecified atom stereocenters. The molecule has 144 valence electrons. The van der Waals surface area contributed by atoms with Crippen molar-refractivity contribution in [2.24, 2.45) is 11.7 Å². The monoisotopic (exact) mass is 387 g/mol. The topological polar surface area (TPSA) is 101 Å². The zero-order valence-electron chi connectivity index (χ0n) is 15.3. The number of sulfonamides is 1. The Morgan fingerprint density at radius 3 is 2.33 bits per heavy atom. The highest BCUT2D eigenvalue weighted by Crippen LogP contribution is 2.32. The van der Waals surface area contributed by atoms with Gasteiger partial charge < -0.3 is 11.1 Å². The van der Waals surface area contributed by atoms with Crippen LogP contribution in [-0.4, -0.2) is 19.9 Å². The van der Waals surface area contributed by atoms with Gasteiger partial charge in [0.05, 0.1) is 10.8 Å². The minimum absolute atomic E-state index is 0.113. The van der Waals surface area contributed by atoms with Crippen LogP contribution in [0.15, 0.2) is 59.5 Å². The summed E-state index contributed by atoms with van der Waals surface area (Å²) in [6, 6.07) is 14.8. The number of amides is 1. The molecule has 4 N–H and O–H groups in total. The van der Waals surface area contributed by atoms with Gasteiger partial charge in [0.1, 0.15) is 0 Å². The van der Waals surface area contributed by atoms with Crippen LogP contribution < -0.4 is 15.8 Å². The Hall–Kier alpha value is -2.38. The third-order valence-electron chi connectivity index (χ3n) is 5.03. The lowest BCUT2D eigenvalue weighted by Crippen LogP contribution is -2.51. The normalized spacial score (nSPS) is 22.8. The molecule has 1 aliphatic rings. The molecule has 1 amide bonds. The van der Waals surface area contributed by atoms with Crippen molar-refractivity contribution in [1.29, 1.82) is 0 Å². The minimum atomic E-state index is -3.68. The first-order chi connectivity index (χ1) is 12.8. The van der Waals surface area contributed by atoms with Gasteiger partial charge in [-0.3, -0.25) is 9.52 Å². The average Bonchev–Trinajstić information content (AvgIpc) is 2.62. The van der Waals surface area contributed by atoms with Gasteiger partial charge in [0.2, 0.25) is 5.91 Å². The largest absolute Gasteiger partial charge is 0.326 e. The molecule has 2 aromatic rings. The lowest BCUT2D eigenvalue weighted by molar-refractivity contribution is -0.122. The highest BCUT2D eigenvalue weighted by atomic mass is 32.2. The number of hydrogen-bond acceptors (Lipinski definition) is 4. The van der Waals surface area contributed by atoms with Crippen LogP contribution in [0.2, 0.25) is 0 Å². The number of nitrogens with two attached hydrogens (primary N) is 1. The second kappa shape index (κ2) is 7.70. The standard InChI is InChI=1S/C20H25N3O3S/c1-20(21)14-6-5-9-18(20)19(24)22-15-10-12-17(13-11-15)27(25,26)23-16-7-3-2-4-8-16/h2-4,7-8,10-13,18,23H,5-6,9,14,21H2,1H3,(H,22,24). The predicted octanol–water partition coefficient (Wildman–Crippen LogP) is 3.33. The van der Waals surface area contributed by atoms with E-state index in [1.54, 1.807) is 36.4 Å². The summed E-state index contributed by atoms with van der Waals surface area (Å²) in [7, 11) is -3.68. The third kappa shape index (κ3) is 4.67. The van der Waals surface area contributed by atoms with E-state index in [-0.39, 0.29) is 16.7 Å². The summed E-state index contributed by atoms with van der Waals surface area (Å²) in [5.41, 5.74) is 6.82. The summed E-state index contributed by atoms with van der Waals surface area (Å²) in [5, 5.41) is 2.86. The Labute approximate surface area is 160 Å². The van der Waals surface area contributed by atoms with E-state index in [4.69, 9.17) is 5.73 Å². The van der Waals surface area contributed by atoms with E-state index in [1.165, 1.54) is 12.1 Å². The molecule has 27 heavy (non-hydrogen) atoms. The maximum atomic E-state index is 12.6. The van der Waals surface area contributed by atoms with Crippen molar-refractivity contribution in [2.45, 2.75) is 43.0 Å². The summed E-state index contributed by atoms with van der Waals surface area (Å²) < 4.78 is 27.4. The van der Waals surface area contributed by atoms with Crippen LogP contribution >= 0.6 is 0 Å². The summed E-state index contributed by atoms with van der Waals surface area (Å²) in [5.74, 6) is -0.355. The Morgan fingerprint density at radius 1 is 1.04 bits per heavy atom. The molecule has 1 aliphatic carbocycles. The number of rotatable bonds is 5. The van der Waals surface area contributed by atoms with Gasteiger partial charge in [-0.15, -0.1) is 0 Å². The van der Waals surface area contributed by atoms with E-state index in [9.17, 15) is 13.2 Å². The molecular formula is C20H25N3O3S. The summed E-state index contributed by atoms with van der Waals surface area (Å²) >= 11 is 0. The number of nitrogens with one attached hydrogen (secondary N) is 2. The Bertz CT molecular complexity index is 894. The summed E-state index contributed by atoms with van der Waals surface area (Å²) in [6.07, 6.45) is 3.63. The molecule has 1 saturated carbocycles. The molecule has 1 fully saturated rings. The Morgan fingerprint density at radius 2 is 1.70 bits per heavy atom. The lowest BCUT2D eigenvalue weighted by Gasteiger charge is -2.37. The molecule has 2 aromatic carbocycles. The maximum Gasteiger partial charge on any atom is 0.261 e. The number of carbonyl (C=O) groups excluding carboxylic acids is 1. The van der Waals surface area contributed by atoms with E-state index < -0.39 is 15.6 Å². The van der Waals surface area contributed by atoms with Crippen molar-refractivity contribution >= 4 is 27.3 Å². The third-order valence-corrected chi connectivity index (χ3v) is 6.43. The van der Waals surface area contributed by atoms with Gasteiger partial charge in [0.25, 0.3) is 10.0 Å². The fourth-order valence-corrected chi connectivity index (χ4v) is 4.51.